The summed E-state index contributed by atoms with van der Waals surface area (Å²) >= 11 is 3.46. The van der Waals surface area contributed by atoms with E-state index in [-0.39, 0.29) is 6.04 Å². The van der Waals surface area contributed by atoms with Crippen LogP contribution in [-0.2, 0) is 0 Å². The van der Waals surface area contributed by atoms with Gasteiger partial charge in [0, 0.05) is 23.1 Å². The Labute approximate surface area is 131 Å². The van der Waals surface area contributed by atoms with Gasteiger partial charge in [-0.3, -0.25) is 0 Å². The molecule has 1 aromatic carbocycles. The molecule has 0 aromatic heterocycles. The van der Waals surface area contributed by atoms with Gasteiger partial charge in [0.15, 0.2) is 0 Å². The van der Waals surface area contributed by atoms with E-state index in [2.05, 4.69) is 64.1 Å². The zero-order valence-electron chi connectivity index (χ0n) is 12.6. The van der Waals surface area contributed by atoms with Crippen LogP contribution < -0.4 is 5.73 Å². The van der Waals surface area contributed by atoms with Crippen LogP contribution >= 0.6 is 15.9 Å². The number of nitrogens with zero attached hydrogens (tertiary/aromatic N) is 2. The quantitative estimate of drug-likeness (QED) is 0.895. The van der Waals surface area contributed by atoms with Crippen molar-refractivity contribution in [3.63, 3.8) is 0 Å². The van der Waals surface area contributed by atoms with Gasteiger partial charge in [0.1, 0.15) is 0 Å². The third-order valence-corrected chi connectivity index (χ3v) is 4.84. The lowest BCUT2D eigenvalue weighted by atomic mass is 10.0. The van der Waals surface area contributed by atoms with Gasteiger partial charge < -0.3 is 15.5 Å². The van der Waals surface area contributed by atoms with Gasteiger partial charge in [-0.2, -0.15) is 0 Å². The molecule has 112 valence electrons. The molecule has 1 aromatic rings. The number of likely N-dealkylation sites (tertiary alicyclic amines) is 1. The summed E-state index contributed by atoms with van der Waals surface area (Å²) in [5.74, 6) is 0. The summed E-state index contributed by atoms with van der Waals surface area (Å²) in [6.07, 6.45) is 3.64. The highest BCUT2D eigenvalue weighted by Crippen LogP contribution is 2.19. The van der Waals surface area contributed by atoms with E-state index in [1.54, 1.807) is 0 Å². The molecule has 1 fully saturated rings. The lowest BCUT2D eigenvalue weighted by Gasteiger charge is -2.36. The van der Waals surface area contributed by atoms with Crippen LogP contribution in [-0.4, -0.2) is 49.6 Å². The maximum atomic E-state index is 6.30. The Balaban J connectivity index is 1.80. The minimum absolute atomic E-state index is 0.131. The number of hydrogen-bond acceptors (Lipinski definition) is 3. The van der Waals surface area contributed by atoms with Crippen LogP contribution in [0.3, 0.4) is 0 Å². The molecule has 2 rings (SSSR count). The summed E-state index contributed by atoms with van der Waals surface area (Å²) in [7, 11) is 4.45. The Hall–Kier alpha value is -0.420. The molecule has 1 aliphatic heterocycles. The zero-order valence-corrected chi connectivity index (χ0v) is 14.1. The first kappa shape index (κ1) is 16.0. The van der Waals surface area contributed by atoms with Crippen molar-refractivity contribution in [2.45, 2.75) is 31.3 Å². The highest BCUT2D eigenvalue weighted by Gasteiger charge is 2.21. The van der Waals surface area contributed by atoms with E-state index in [4.69, 9.17) is 5.73 Å². The fourth-order valence-corrected chi connectivity index (χ4v) is 3.17. The molecular weight excluding hydrogens is 314 g/mol. The first-order valence-electron chi connectivity index (χ1n) is 7.46. The highest BCUT2D eigenvalue weighted by molar-refractivity contribution is 9.10. The monoisotopic (exact) mass is 339 g/mol. The van der Waals surface area contributed by atoms with Gasteiger partial charge in [0.25, 0.3) is 0 Å². The molecule has 3 nitrogen and oxygen atoms in total. The van der Waals surface area contributed by atoms with E-state index >= 15 is 0 Å². The third kappa shape index (κ3) is 4.55. The van der Waals surface area contributed by atoms with Gasteiger partial charge >= 0.3 is 0 Å². The second kappa shape index (κ2) is 7.55. The van der Waals surface area contributed by atoms with Crippen molar-refractivity contribution < 1.29 is 0 Å². The molecule has 1 heterocycles. The number of benzene rings is 1. The fraction of sp³-hybridized carbons (Fsp3) is 0.625. The summed E-state index contributed by atoms with van der Waals surface area (Å²) in [5, 5.41) is 0. The third-order valence-electron chi connectivity index (χ3n) is 4.31. The van der Waals surface area contributed by atoms with E-state index in [0.29, 0.717) is 6.04 Å². The Bertz CT molecular complexity index is 407. The molecule has 0 aliphatic carbocycles. The first-order chi connectivity index (χ1) is 9.56. The lowest BCUT2D eigenvalue weighted by Crippen LogP contribution is -2.45. The molecular formula is C16H26BrN3. The second-order valence-corrected chi connectivity index (χ2v) is 6.90. The highest BCUT2D eigenvalue weighted by atomic mass is 79.9. The molecule has 1 saturated heterocycles. The molecule has 4 heteroatoms. The predicted octanol–water partition coefficient (Wildman–Crippen LogP) is 2.87. The maximum Gasteiger partial charge on any atom is 0.0307 e. The van der Waals surface area contributed by atoms with Crippen molar-refractivity contribution in [2.24, 2.45) is 5.73 Å². The van der Waals surface area contributed by atoms with Gasteiger partial charge in [-0.25, -0.2) is 0 Å². The van der Waals surface area contributed by atoms with Crippen molar-refractivity contribution in [1.82, 2.24) is 9.80 Å². The number of halogens is 1. The Kier molecular flexibility index (Phi) is 6.02. The molecule has 20 heavy (non-hydrogen) atoms. The molecule has 0 amide bonds. The molecule has 2 N–H and O–H groups in total. The predicted molar refractivity (Wildman–Crippen MR) is 88.8 cm³/mol. The SMILES string of the molecule is CN1CCCC(N(C)CCC(N)c2ccc(Br)cc2)C1. The van der Waals surface area contributed by atoms with Crippen LogP contribution in [0.4, 0.5) is 0 Å². The van der Waals surface area contributed by atoms with Gasteiger partial charge in [0.05, 0.1) is 0 Å². The van der Waals surface area contributed by atoms with Gasteiger partial charge in [-0.15, -0.1) is 0 Å². The molecule has 0 radical (unpaired) electrons. The van der Waals surface area contributed by atoms with E-state index in [1.807, 2.05) is 0 Å². The molecule has 2 unspecified atom stereocenters. The van der Waals surface area contributed by atoms with Gasteiger partial charge in [-0.1, -0.05) is 28.1 Å². The smallest absolute Gasteiger partial charge is 0.0307 e. The summed E-state index contributed by atoms with van der Waals surface area (Å²) in [4.78, 5) is 4.91. The largest absolute Gasteiger partial charge is 0.324 e. The lowest BCUT2D eigenvalue weighted by molar-refractivity contribution is 0.132. The van der Waals surface area contributed by atoms with Crippen molar-refractivity contribution in [3.05, 3.63) is 34.3 Å². The van der Waals surface area contributed by atoms with Crippen LogP contribution in [0.2, 0.25) is 0 Å². The fourth-order valence-electron chi connectivity index (χ4n) is 2.90. The summed E-state index contributed by atoms with van der Waals surface area (Å²) < 4.78 is 1.11. The van der Waals surface area contributed by atoms with E-state index in [1.165, 1.54) is 31.5 Å². The number of piperidine rings is 1. The number of likely N-dealkylation sites (N-methyl/N-ethyl adjacent to an activating group) is 2. The molecule has 1 aliphatic rings. The van der Waals surface area contributed by atoms with Crippen molar-refractivity contribution in [2.75, 3.05) is 33.7 Å². The van der Waals surface area contributed by atoms with Gasteiger partial charge in [-0.05, 0) is 64.1 Å². The van der Waals surface area contributed by atoms with Crippen LogP contribution in [0.15, 0.2) is 28.7 Å². The van der Waals surface area contributed by atoms with E-state index in [9.17, 15) is 0 Å². The average Bonchev–Trinajstić information content (AvgIpc) is 2.45. The van der Waals surface area contributed by atoms with Crippen LogP contribution in [0.5, 0.6) is 0 Å². The summed E-state index contributed by atoms with van der Waals surface area (Å²) in [5.41, 5.74) is 7.52. The molecule has 0 spiro atoms. The van der Waals surface area contributed by atoms with Crippen LogP contribution in [0.25, 0.3) is 0 Å². The number of rotatable bonds is 5. The molecule has 0 bridgehead atoms. The second-order valence-electron chi connectivity index (χ2n) is 5.99. The first-order valence-corrected chi connectivity index (χ1v) is 8.25. The van der Waals surface area contributed by atoms with Crippen molar-refractivity contribution in [3.8, 4) is 0 Å². The standard InChI is InChI=1S/C16H26BrN3/c1-19-10-3-4-15(12-19)20(2)11-9-16(18)13-5-7-14(17)8-6-13/h5-8,15-16H,3-4,9-12,18H2,1-2H3. The van der Waals surface area contributed by atoms with Crippen LogP contribution in [0.1, 0.15) is 30.9 Å². The van der Waals surface area contributed by atoms with Crippen LogP contribution in [0, 0.1) is 0 Å². The Morgan fingerprint density at radius 3 is 2.75 bits per heavy atom. The normalized spacial score (nSPS) is 22.1. The maximum absolute atomic E-state index is 6.30. The van der Waals surface area contributed by atoms with Crippen molar-refractivity contribution >= 4 is 15.9 Å². The number of hydrogen-bond donors (Lipinski definition) is 1. The van der Waals surface area contributed by atoms with Crippen molar-refractivity contribution in [1.29, 1.82) is 0 Å². The average molecular weight is 340 g/mol. The molecule has 0 saturated carbocycles. The van der Waals surface area contributed by atoms with E-state index < -0.39 is 0 Å². The van der Waals surface area contributed by atoms with E-state index in [0.717, 1.165) is 17.4 Å². The summed E-state index contributed by atoms with van der Waals surface area (Å²) in [6.45, 7) is 3.49. The topological polar surface area (TPSA) is 32.5 Å². The Morgan fingerprint density at radius 1 is 1.40 bits per heavy atom. The van der Waals surface area contributed by atoms with Gasteiger partial charge in [0.2, 0.25) is 0 Å². The molecule has 2 atom stereocenters. The zero-order chi connectivity index (χ0) is 14.5. The summed E-state index contributed by atoms with van der Waals surface area (Å²) in [6, 6.07) is 9.17. The Morgan fingerprint density at radius 2 is 2.10 bits per heavy atom. The minimum Gasteiger partial charge on any atom is -0.324 e. The number of nitrogens with two attached hydrogens (primary N) is 1. The minimum atomic E-state index is 0.131.